The highest BCUT2D eigenvalue weighted by molar-refractivity contribution is 6.00. The monoisotopic (exact) mass is 270 g/mol. The number of fused-ring (bicyclic) bond motifs is 1. The van der Waals surface area contributed by atoms with Gasteiger partial charge in [-0.05, 0) is 19.2 Å². The first-order valence-electron chi connectivity index (χ1n) is 7.16. The van der Waals surface area contributed by atoms with Crippen LogP contribution in [0.15, 0.2) is 29.3 Å². The van der Waals surface area contributed by atoms with Crippen LogP contribution in [0.2, 0.25) is 0 Å². The van der Waals surface area contributed by atoms with Crippen LogP contribution in [0.25, 0.3) is 10.9 Å². The minimum atomic E-state index is 0.426. The van der Waals surface area contributed by atoms with Crippen molar-refractivity contribution < 1.29 is 0 Å². The standard InChI is InChI=1S/C16H22N4/c1-3-4-5-8-11-19-14-12-9-6-7-10-13(12)20-16(17)15(14)18-2/h6-7,9-10H,2-5,8,11H2,1H3,(H3,17,19,20). The van der Waals surface area contributed by atoms with Crippen molar-refractivity contribution in [3.8, 4) is 0 Å². The minimum Gasteiger partial charge on any atom is -0.383 e. The summed E-state index contributed by atoms with van der Waals surface area (Å²) in [5.74, 6) is 0.426. The number of aromatic nitrogens is 1. The molecule has 0 saturated heterocycles. The Kier molecular flexibility index (Phi) is 4.93. The third-order valence-electron chi connectivity index (χ3n) is 3.38. The van der Waals surface area contributed by atoms with Crippen LogP contribution in [0.5, 0.6) is 0 Å². The van der Waals surface area contributed by atoms with Crippen LogP contribution in [0.1, 0.15) is 32.6 Å². The van der Waals surface area contributed by atoms with E-state index in [0.717, 1.165) is 29.6 Å². The fourth-order valence-corrected chi connectivity index (χ4v) is 2.33. The second kappa shape index (κ2) is 6.89. The second-order valence-electron chi connectivity index (χ2n) is 4.88. The number of aliphatic imine (C=N–C) groups is 1. The molecule has 0 spiro atoms. The number of para-hydroxylation sites is 1. The molecule has 4 nitrogen and oxygen atoms in total. The van der Waals surface area contributed by atoms with E-state index < -0.39 is 0 Å². The summed E-state index contributed by atoms with van der Waals surface area (Å²) in [6.07, 6.45) is 4.89. The van der Waals surface area contributed by atoms with Crippen molar-refractivity contribution in [2.24, 2.45) is 4.99 Å². The highest BCUT2D eigenvalue weighted by atomic mass is 15.0. The van der Waals surface area contributed by atoms with E-state index in [1.54, 1.807) is 0 Å². The van der Waals surface area contributed by atoms with Gasteiger partial charge in [-0.15, -0.1) is 0 Å². The average molecular weight is 270 g/mol. The van der Waals surface area contributed by atoms with E-state index in [4.69, 9.17) is 5.73 Å². The van der Waals surface area contributed by atoms with Crippen LogP contribution in [0, 0.1) is 0 Å². The van der Waals surface area contributed by atoms with Crippen molar-refractivity contribution in [2.45, 2.75) is 32.6 Å². The molecule has 1 heterocycles. The molecule has 0 radical (unpaired) electrons. The molecule has 0 fully saturated rings. The van der Waals surface area contributed by atoms with Gasteiger partial charge in [0.1, 0.15) is 5.69 Å². The first kappa shape index (κ1) is 14.3. The fraction of sp³-hybridized carbons (Fsp3) is 0.375. The van der Waals surface area contributed by atoms with Crippen LogP contribution in [0.4, 0.5) is 17.2 Å². The van der Waals surface area contributed by atoms with Crippen LogP contribution in [-0.4, -0.2) is 18.2 Å². The predicted octanol–water partition coefficient (Wildman–Crippen LogP) is 4.14. The summed E-state index contributed by atoms with van der Waals surface area (Å²) in [5.41, 5.74) is 8.44. The van der Waals surface area contributed by atoms with E-state index in [-0.39, 0.29) is 0 Å². The lowest BCUT2D eigenvalue weighted by atomic mass is 10.1. The Bertz CT molecular complexity index is 592. The molecule has 4 heteroatoms. The number of nitrogen functional groups attached to an aromatic ring is 1. The van der Waals surface area contributed by atoms with Gasteiger partial charge >= 0.3 is 0 Å². The van der Waals surface area contributed by atoms with Crippen molar-refractivity contribution in [2.75, 3.05) is 17.6 Å². The smallest absolute Gasteiger partial charge is 0.152 e. The molecule has 0 aliphatic heterocycles. The number of nitrogens with one attached hydrogen (secondary N) is 1. The lowest BCUT2D eigenvalue weighted by molar-refractivity contribution is 0.685. The number of benzene rings is 1. The Labute approximate surface area is 120 Å². The molecule has 0 saturated carbocycles. The summed E-state index contributed by atoms with van der Waals surface area (Å²) in [6.45, 7) is 6.73. The highest BCUT2D eigenvalue weighted by Crippen LogP contribution is 2.36. The minimum absolute atomic E-state index is 0.426. The number of nitrogens with zero attached hydrogens (tertiary/aromatic N) is 2. The van der Waals surface area contributed by atoms with Gasteiger partial charge in [-0.25, -0.2) is 4.98 Å². The summed E-state index contributed by atoms with van der Waals surface area (Å²) < 4.78 is 0. The molecule has 2 aromatic rings. The quantitative estimate of drug-likeness (QED) is 0.587. The van der Waals surface area contributed by atoms with E-state index in [9.17, 15) is 0 Å². The second-order valence-corrected chi connectivity index (χ2v) is 4.88. The van der Waals surface area contributed by atoms with Crippen molar-refractivity contribution in [3.63, 3.8) is 0 Å². The number of unbranched alkanes of at least 4 members (excludes halogenated alkanes) is 3. The van der Waals surface area contributed by atoms with Crippen molar-refractivity contribution >= 4 is 34.8 Å². The molecule has 2 rings (SSSR count). The summed E-state index contributed by atoms with van der Waals surface area (Å²) in [7, 11) is 0. The largest absolute Gasteiger partial charge is 0.383 e. The fourth-order valence-electron chi connectivity index (χ4n) is 2.33. The topological polar surface area (TPSA) is 63.3 Å². The van der Waals surface area contributed by atoms with Crippen molar-refractivity contribution in [3.05, 3.63) is 24.3 Å². The van der Waals surface area contributed by atoms with Crippen molar-refractivity contribution in [1.29, 1.82) is 0 Å². The molecule has 106 valence electrons. The maximum atomic E-state index is 5.97. The van der Waals surface area contributed by atoms with Gasteiger partial charge in [-0.2, -0.15) is 0 Å². The molecule has 3 N–H and O–H groups in total. The number of hydrogen-bond acceptors (Lipinski definition) is 4. The Morgan fingerprint density at radius 1 is 1.25 bits per heavy atom. The highest BCUT2D eigenvalue weighted by Gasteiger charge is 2.11. The van der Waals surface area contributed by atoms with Crippen LogP contribution in [0.3, 0.4) is 0 Å². The zero-order valence-electron chi connectivity index (χ0n) is 12.0. The molecule has 0 aliphatic carbocycles. The lowest BCUT2D eigenvalue weighted by Crippen LogP contribution is -2.04. The van der Waals surface area contributed by atoms with Gasteiger partial charge in [0.2, 0.25) is 0 Å². The molecule has 0 unspecified atom stereocenters. The Hall–Kier alpha value is -2.10. The number of anilines is 2. The Balaban J connectivity index is 2.26. The maximum absolute atomic E-state index is 5.97. The predicted molar refractivity (Wildman–Crippen MR) is 88.0 cm³/mol. The molecule has 0 aliphatic rings. The number of rotatable bonds is 7. The summed E-state index contributed by atoms with van der Waals surface area (Å²) in [4.78, 5) is 8.40. The average Bonchev–Trinajstić information content (AvgIpc) is 2.46. The lowest BCUT2D eigenvalue weighted by Gasteiger charge is -2.13. The van der Waals surface area contributed by atoms with E-state index in [1.807, 2.05) is 24.3 Å². The molecule has 1 aromatic carbocycles. The molecular weight excluding hydrogens is 248 g/mol. The van der Waals surface area contributed by atoms with Crippen LogP contribution in [-0.2, 0) is 0 Å². The SMILES string of the molecule is C=Nc1c(N)nc2ccccc2c1NCCCCCC. The van der Waals surface area contributed by atoms with Gasteiger partial charge in [0, 0.05) is 11.9 Å². The van der Waals surface area contributed by atoms with E-state index >= 15 is 0 Å². The summed E-state index contributed by atoms with van der Waals surface area (Å²) in [5, 5.41) is 4.49. The van der Waals surface area contributed by atoms with E-state index in [2.05, 4.69) is 28.9 Å². The molecule has 0 bridgehead atoms. The Morgan fingerprint density at radius 3 is 2.80 bits per heavy atom. The zero-order valence-corrected chi connectivity index (χ0v) is 12.0. The third kappa shape index (κ3) is 3.07. The molecular formula is C16H22N4. The summed E-state index contributed by atoms with van der Waals surface area (Å²) >= 11 is 0. The first-order valence-corrected chi connectivity index (χ1v) is 7.16. The maximum Gasteiger partial charge on any atom is 0.152 e. The number of nitrogens with two attached hydrogens (primary N) is 1. The van der Waals surface area contributed by atoms with Gasteiger partial charge in [-0.1, -0.05) is 44.4 Å². The van der Waals surface area contributed by atoms with E-state index in [1.165, 1.54) is 19.3 Å². The normalized spacial score (nSPS) is 10.7. The van der Waals surface area contributed by atoms with Gasteiger partial charge in [0.05, 0.1) is 11.2 Å². The Morgan fingerprint density at radius 2 is 2.05 bits per heavy atom. The molecule has 1 aromatic heterocycles. The molecule has 0 amide bonds. The van der Waals surface area contributed by atoms with Gasteiger partial charge < -0.3 is 11.1 Å². The van der Waals surface area contributed by atoms with Crippen LogP contribution >= 0.6 is 0 Å². The number of pyridine rings is 1. The molecule has 20 heavy (non-hydrogen) atoms. The van der Waals surface area contributed by atoms with E-state index in [0.29, 0.717) is 11.5 Å². The van der Waals surface area contributed by atoms with Gasteiger partial charge in [0.25, 0.3) is 0 Å². The summed E-state index contributed by atoms with van der Waals surface area (Å²) in [6, 6.07) is 7.95. The zero-order chi connectivity index (χ0) is 14.4. The van der Waals surface area contributed by atoms with Crippen molar-refractivity contribution in [1.82, 2.24) is 4.98 Å². The molecule has 0 atom stereocenters. The van der Waals surface area contributed by atoms with Crippen LogP contribution < -0.4 is 11.1 Å². The van der Waals surface area contributed by atoms with Gasteiger partial charge in [0.15, 0.2) is 5.82 Å². The van der Waals surface area contributed by atoms with Gasteiger partial charge in [-0.3, -0.25) is 4.99 Å². The number of hydrogen-bond donors (Lipinski definition) is 2. The third-order valence-corrected chi connectivity index (χ3v) is 3.38. The first-order chi connectivity index (χ1) is 9.77.